The van der Waals surface area contributed by atoms with Gasteiger partial charge in [0.1, 0.15) is 0 Å². The summed E-state index contributed by atoms with van der Waals surface area (Å²) in [5.41, 5.74) is 0.650. The lowest BCUT2D eigenvalue weighted by Gasteiger charge is -2.17. The van der Waals surface area contributed by atoms with Gasteiger partial charge in [-0.2, -0.15) is 31.6 Å². The highest BCUT2D eigenvalue weighted by molar-refractivity contribution is 5.64. The Morgan fingerprint density at radius 1 is 1.11 bits per heavy atom. The zero-order chi connectivity index (χ0) is 20.9. The molecule has 0 saturated carbocycles. The van der Waals surface area contributed by atoms with E-state index in [9.17, 15) is 26.3 Å². The van der Waals surface area contributed by atoms with Crippen molar-refractivity contribution in [3.8, 4) is 17.1 Å². The highest BCUT2D eigenvalue weighted by Crippen LogP contribution is 2.30. The van der Waals surface area contributed by atoms with Gasteiger partial charge in [-0.1, -0.05) is 0 Å². The summed E-state index contributed by atoms with van der Waals surface area (Å²) in [5.74, 6) is -6.03. The molecular formula is C16H13F6N5O. The van der Waals surface area contributed by atoms with Crippen LogP contribution in [0.25, 0.3) is 16.9 Å². The Hall–Kier alpha value is -2.92. The van der Waals surface area contributed by atoms with Crippen LogP contribution in [0.3, 0.4) is 0 Å². The Morgan fingerprint density at radius 2 is 1.79 bits per heavy atom. The van der Waals surface area contributed by atoms with E-state index in [1.807, 2.05) is 0 Å². The van der Waals surface area contributed by atoms with Gasteiger partial charge in [0.25, 0.3) is 5.88 Å². The summed E-state index contributed by atoms with van der Waals surface area (Å²) in [5, 5.41) is 11.1. The molecule has 12 heteroatoms. The zero-order valence-corrected chi connectivity index (χ0v) is 14.7. The Balaban J connectivity index is 2.03. The van der Waals surface area contributed by atoms with Crippen LogP contribution in [0.1, 0.15) is 25.2 Å². The molecule has 0 amide bonds. The second kappa shape index (κ2) is 6.60. The van der Waals surface area contributed by atoms with Crippen molar-refractivity contribution in [2.75, 3.05) is 0 Å². The SMILES string of the molecule is Cc1cc2nnc(C(C)(F)F)n2nc1-c1cnc(O[C@@H](C)C(F)(F)F)c(F)c1. The molecule has 3 aromatic rings. The van der Waals surface area contributed by atoms with Crippen LogP contribution in [-0.2, 0) is 5.92 Å². The van der Waals surface area contributed by atoms with Gasteiger partial charge in [0, 0.05) is 18.7 Å². The highest BCUT2D eigenvalue weighted by atomic mass is 19.4. The fraction of sp³-hybridized carbons (Fsp3) is 0.375. The molecule has 150 valence electrons. The first-order valence-electron chi connectivity index (χ1n) is 7.88. The Bertz CT molecular complexity index is 1030. The van der Waals surface area contributed by atoms with Gasteiger partial charge in [0.15, 0.2) is 17.6 Å². The van der Waals surface area contributed by atoms with E-state index >= 15 is 0 Å². The molecule has 0 N–H and O–H groups in total. The molecule has 0 aliphatic rings. The van der Waals surface area contributed by atoms with Gasteiger partial charge < -0.3 is 4.74 Å². The zero-order valence-electron chi connectivity index (χ0n) is 14.7. The van der Waals surface area contributed by atoms with Crippen molar-refractivity contribution in [1.29, 1.82) is 0 Å². The number of hydrogen-bond acceptors (Lipinski definition) is 5. The fourth-order valence-corrected chi connectivity index (χ4v) is 2.36. The summed E-state index contributed by atoms with van der Waals surface area (Å²) in [4.78, 5) is 3.56. The Kier molecular flexibility index (Phi) is 4.68. The molecule has 0 unspecified atom stereocenters. The van der Waals surface area contributed by atoms with Crippen molar-refractivity contribution in [2.45, 2.75) is 39.0 Å². The minimum Gasteiger partial charge on any atom is -0.463 e. The third kappa shape index (κ3) is 3.71. The van der Waals surface area contributed by atoms with Gasteiger partial charge >= 0.3 is 12.1 Å². The quantitative estimate of drug-likeness (QED) is 0.612. The number of pyridine rings is 1. The van der Waals surface area contributed by atoms with E-state index in [-0.39, 0.29) is 16.9 Å². The summed E-state index contributed by atoms with van der Waals surface area (Å²) in [6, 6.07) is 2.28. The van der Waals surface area contributed by atoms with Crippen molar-refractivity contribution in [3.05, 3.63) is 35.5 Å². The number of ether oxygens (including phenoxy) is 1. The lowest BCUT2D eigenvalue weighted by Crippen LogP contribution is -2.31. The summed E-state index contributed by atoms with van der Waals surface area (Å²) in [6.07, 6.45) is -5.91. The first-order chi connectivity index (χ1) is 12.9. The maximum atomic E-state index is 14.2. The van der Waals surface area contributed by atoms with Gasteiger partial charge in [0.2, 0.25) is 5.82 Å². The van der Waals surface area contributed by atoms with E-state index in [0.29, 0.717) is 19.4 Å². The van der Waals surface area contributed by atoms with E-state index in [1.54, 1.807) is 6.92 Å². The third-order valence-electron chi connectivity index (χ3n) is 3.81. The highest BCUT2D eigenvalue weighted by Gasteiger charge is 2.39. The van der Waals surface area contributed by atoms with Crippen LogP contribution in [0, 0.1) is 12.7 Å². The van der Waals surface area contributed by atoms with Crippen LogP contribution in [0.2, 0.25) is 0 Å². The van der Waals surface area contributed by atoms with Crippen molar-refractivity contribution in [1.82, 2.24) is 24.8 Å². The minimum absolute atomic E-state index is 0.0583. The first kappa shape index (κ1) is 19.8. The number of rotatable bonds is 4. The van der Waals surface area contributed by atoms with Gasteiger partial charge in [0.05, 0.1) is 5.69 Å². The molecule has 0 saturated heterocycles. The van der Waals surface area contributed by atoms with Crippen molar-refractivity contribution in [3.63, 3.8) is 0 Å². The number of fused-ring (bicyclic) bond motifs is 1. The summed E-state index contributed by atoms with van der Waals surface area (Å²) < 4.78 is 84.5. The van der Waals surface area contributed by atoms with E-state index < -0.39 is 35.7 Å². The van der Waals surface area contributed by atoms with E-state index in [2.05, 4.69) is 25.0 Å². The molecule has 0 aliphatic heterocycles. The Morgan fingerprint density at radius 3 is 2.36 bits per heavy atom. The maximum absolute atomic E-state index is 14.2. The number of aryl methyl sites for hydroxylation is 1. The van der Waals surface area contributed by atoms with Crippen molar-refractivity contribution >= 4 is 5.65 Å². The van der Waals surface area contributed by atoms with Gasteiger partial charge in [-0.15, -0.1) is 10.2 Å². The monoisotopic (exact) mass is 405 g/mol. The molecule has 0 bridgehead atoms. The third-order valence-corrected chi connectivity index (χ3v) is 3.81. The average molecular weight is 405 g/mol. The molecular weight excluding hydrogens is 392 g/mol. The van der Waals surface area contributed by atoms with Crippen LogP contribution in [-0.4, -0.2) is 37.1 Å². The lowest BCUT2D eigenvalue weighted by molar-refractivity contribution is -0.190. The maximum Gasteiger partial charge on any atom is 0.425 e. The Labute approximate surface area is 154 Å². The second-order valence-electron chi connectivity index (χ2n) is 6.17. The molecule has 0 fully saturated rings. The molecule has 6 nitrogen and oxygen atoms in total. The summed E-state index contributed by atoms with van der Waals surface area (Å²) in [6.45, 7) is 2.92. The largest absolute Gasteiger partial charge is 0.463 e. The second-order valence-corrected chi connectivity index (χ2v) is 6.17. The standard InChI is InChI=1S/C16H13F6N5O/c1-7-4-11-24-25-14(15(3,18)19)27(11)26-12(7)9-5-10(17)13(23-6-9)28-8(2)16(20,21)22/h4-6,8H,1-3H3/t8-/m0/s1. The summed E-state index contributed by atoms with van der Waals surface area (Å²) in [7, 11) is 0. The van der Waals surface area contributed by atoms with Gasteiger partial charge in [-0.3, -0.25) is 0 Å². The normalized spacial score (nSPS) is 13.8. The smallest absolute Gasteiger partial charge is 0.425 e. The molecule has 3 heterocycles. The van der Waals surface area contributed by atoms with Crippen LogP contribution < -0.4 is 4.74 Å². The lowest BCUT2D eigenvalue weighted by atomic mass is 10.1. The molecule has 3 rings (SSSR count). The van der Waals surface area contributed by atoms with Gasteiger partial charge in [-0.25, -0.2) is 9.37 Å². The number of aromatic nitrogens is 5. The van der Waals surface area contributed by atoms with Crippen LogP contribution in [0.5, 0.6) is 5.88 Å². The number of halogens is 6. The van der Waals surface area contributed by atoms with Crippen LogP contribution >= 0.6 is 0 Å². The molecule has 0 spiro atoms. The van der Waals surface area contributed by atoms with Crippen LogP contribution in [0.4, 0.5) is 26.3 Å². The number of alkyl halides is 5. The van der Waals surface area contributed by atoms with Crippen molar-refractivity contribution in [2.24, 2.45) is 0 Å². The van der Waals surface area contributed by atoms with Crippen LogP contribution in [0.15, 0.2) is 18.3 Å². The van der Waals surface area contributed by atoms with E-state index in [1.165, 1.54) is 6.07 Å². The van der Waals surface area contributed by atoms with Crippen molar-refractivity contribution < 1.29 is 31.1 Å². The first-order valence-corrected chi connectivity index (χ1v) is 7.88. The predicted octanol–water partition coefficient (Wildman–Crippen LogP) is 4.08. The fourth-order valence-electron chi connectivity index (χ4n) is 2.36. The van der Waals surface area contributed by atoms with Gasteiger partial charge in [-0.05, 0) is 31.5 Å². The van der Waals surface area contributed by atoms with E-state index in [0.717, 1.165) is 16.8 Å². The predicted molar refractivity (Wildman–Crippen MR) is 84.4 cm³/mol. The molecule has 28 heavy (non-hydrogen) atoms. The molecule has 0 aromatic carbocycles. The molecule has 1 atom stereocenters. The average Bonchev–Trinajstić information content (AvgIpc) is 2.97. The number of hydrogen-bond donors (Lipinski definition) is 0. The number of nitrogens with zero attached hydrogens (tertiary/aromatic N) is 5. The molecule has 0 radical (unpaired) electrons. The minimum atomic E-state index is -4.69. The summed E-state index contributed by atoms with van der Waals surface area (Å²) >= 11 is 0. The topological polar surface area (TPSA) is 65.2 Å². The van der Waals surface area contributed by atoms with E-state index in [4.69, 9.17) is 0 Å². The molecule has 0 aliphatic carbocycles. The molecule has 3 aromatic heterocycles.